The van der Waals surface area contributed by atoms with Gasteiger partial charge in [0.25, 0.3) is 0 Å². The second-order valence-electron chi connectivity index (χ2n) is 4.61. The van der Waals surface area contributed by atoms with Crippen molar-refractivity contribution in [1.82, 2.24) is 4.90 Å². The summed E-state index contributed by atoms with van der Waals surface area (Å²) in [7, 11) is 2.06. The molecule has 0 spiro atoms. The van der Waals surface area contributed by atoms with Crippen LogP contribution in [0.15, 0.2) is 28.7 Å². The Morgan fingerprint density at radius 1 is 1.41 bits per heavy atom. The summed E-state index contributed by atoms with van der Waals surface area (Å²) in [6, 6.07) is 8.37. The number of likely N-dealkylation sites (tertiary alicyclic amines) is 1. The van der Waals surface area contributed by atoms with E-state index in [0.717, 1.165) is 17.4 Å². The number of nitrogens with zero attached hydrogens (tertiary/aromatic N) is 1. The number of rotatable bonds is 2. The first-order valence-corrected chi connectivity index (χ1v) is 6.55. The van der Waals surface area contributed by atoms with Crippen molar-refractivity contribution in [2.45, 2.75) is 18.9 Å². The Morgan fingerprint density at radius 2 is 2.06 bits per heavy atom. The van der Waals surface area contributed by atoms with Gasteiger partial charge < -0.3 is 5.11 Å². The van der Waals surface area contributed by atoms with E-state index in [2.05, 4.69) is 40.0 Å². The van der Waals surface area contributed by atoms with Gasteiger partial charge in [-0.05, 0) is 44.1 Å². The molecule has 1 N–H and O–H groups in total. The third-order valence-electron chi connectivity index (χ3n) is 3.47. The molecule has 0 radical (unpaired) electrons. The predicted octanol–water partition coefficient (Wildman–Crippen LogP) is 2.92. The molecule has 1 heterocycles. The Bertz CT molecular complexity index is 404. The maximum Gasteiger partial charge on any atom is 0.306 e. The van der Waals surface area contributed by atoms with Crippen LogP contribution in [0.2, 0.25) is 0 Å². The minimum Gasteiger partial charge on any atom is -0.481 e. The number of hydrogen-bond donors (Lipinski definition) is 1. The summed E-state index contributed by atoms with van der Waals surface area (Å²) in [5.74, 6) is -0.875. The highest BCUT2D eigenvalue weighted by Crippen LogP contribution is 2.33. The molecule has 92 valence electrons. The van der Waals surface area contributed by atoms with Crippen molar-refractivity contribution in [3.63, 3.8) is 0 Å². The van der Waals surface area contributed by atoms with E-state index in [1.165, 1.54) is 5.56 Å². The summed E-state index contributed by atoms with van der Waals surface area (Å²) in [6.45, 7) is 0.845. The summed E-state index contributed by atoms with van der Waals surface area (Å²) in [5.41, 5.74) is 1.20. The van der Waals surface area contributed by atoms with Crippen LogP contribution in [0.5, 0.6) is 0 Å². The van der Waals surface area contributed by atoms with Crippen LogP contribution in [0.1, 0.15) is 24.4 Å². The smallest absolute Gasteiger partial charge is 0.306 e. The SMILES string of the molecule is CN1CCC(C(=O)O)CC1c1ccc(Br)cc1. The fourth-order valence-electron chi connectivity index (χ4n) is 2.38. The van der Waals surface area contributed by atoms with E-state index in [0.29, 0.717) is 6.42 Å². The van der Waals surface area contributed by atoms with E-state index in [1.54, 1.807) is 0 Å². The first kappa shape index (κ1) is 12.6. The van der Waals surface area contributed by atoms with Crippen molar-refractivity contribution in [2.24, 2.45) is 5.92 Å². The molecule has 17 heavy (non-hydrogen) atoms. The highest BCUT2D eigenvalue weighted by Gasteiger charge is 2.30. The molecule has 2 unspecified atom stereocenters. The first-order valence-electron chi connectivity index (χ1n) is 5.76. The van der Waals surface area contributed by atoms with Crippen molar-refractivity contribution < 1.29 is 9.90 Å². The molecular formula is C13H16BrNO2. The van der Waals surface area contributed by atoms with Crippen molar-refractivity contribution >= 4 is 21.9 Å². The second-order valence-corrected chi connectivity index (χ2v) is 5.52. The molecule has 0 amide bonds. The zero-order chi connectivity index (χ0) is 12.4. The van der Waals surface area contributed by atoms with Gasteiger partial charge in [-0.25, -0.2) is 0 Å². The van der Waals surface area contributed by atoms with Gasteiger partial charge in [-0.1, -0.05) is 28.1 Å². The number of halogens is 1. The van der Waals surface area contributed by atoms with Crippen molar-refractivity contribution in [3.8, 4) is 0 Å². The fraction of sp³-hybridized carbons (Fsp3) is 0.462. The van der Waals surface area contributed by atoms with Gasteiger partial charge in [0, 0.05) is 10.5 Å². The molecule has 0 saturated carbocycles. The summed E-state index contributed by atoms with van der Waals surface area (Å²) in [4.78, 5) is 13.3. The summed E-state index contributed by atoms with van der Waals surface area (Å²) in [6.07, 6.45) is 1.45. The van der Waals surface area contributed by atoms with Gasteiger partial charge in [-0.3, -0.25) is 9.69 Å². The molecule has 1 fully saturated rings. The number of benzene rings is 1. The van der Waals surface area contributed by atoms with Gasteiger partial charge in [0.2, 0.25) is 0 Å². The van der Waals surface area contributed by atoms with Crippen LogP contribution in [0.25, 0.3) is 0 Å². The van der Waals surface area contributed by atoms with Crippen LogP contribution in [-0.2, 0) is 4.79 Å². The number of piperidine rings is 1. The Morgan fingerprint density at radius 3 is 2.65 bits per heavy atom. The minimum absolute atomic E-state index is 0.208. The second kappa shape index (κ2) is 5.19. The van der Waals surface area contributed by atoms with Crippen LogP contribution >= 0.6 is 15.9 Å². The highest BCUT2D eigenvalue weighted by atomic mass is 79.9. The fourth-order valence-corrected chi connectivity index (χ4v) is 2.65. The van der Waals surface area contributed by atoms with E-state index in [1.807, 2.05) is 12.1 Å². The lowest BCUT2D eigenvalue weighted by molar-refractivity contribution is -0.144. The average molecular weight is 298 g/mol. The summed E-state index contributed by atoms with van der Waals surface area (Å²) < 4.78 is 1.05. The number of carboxylic acid groups (broad SMARTS) is 1. The van der Waals surface area contributed by atoms with Gasteiger partial charge in [-0.2, -0.15) is 0 Å². The van der Waals surface area contributed by atoms with E-state index in [9.17, 15) is 4.79 Å². The molecule has 1 aliphatic heterocycles. The lowest BCUT2D eigenvalue weighted by atomic mass is 9.87. The topological polar surface area (TPSA) is 40.5 Å². The van der Waals surface area contributed by atoms with Gasteiger partial charge in [0.1, 0.15) is 0 Å². The molecule has 4 heteroatoms. The van der Waals surface area contributed by atoms with Crippen LogP contribution < -0.4 is 0 Å². The Labute approximate surface area is 110 Å². The van der Waals surface area contributed by atoms with Crippen LogP contribution in [0, 0.1) is 5.92 Å². The first-order chi connectivity index (χ1) is 8.08. The molecular weight excluding hydrogens is 282 g/mol. The van der Waals surface area contributed by atoms with Gasteiger partial charge in [0.15, 0.2) is 0 Å². The molecule has 3 nitrogen and oxygen atoms in total. The number of carbonyl (C=O) groups is 1. The number of carboxylic acids is 1. The van der Waals surface area contributed by atoms with Crippen molar-refractivity contribution in [2.75, 3.05) is 13.6 Å². The largest absolute Gasteiger partial charge is 0.481 e. The molecule has 1 aliphatic rings. The zero-order valence-electron chi connectivity index (χ0n) is 9.77. The quantitative estimate of drug-likeness (QED) is 0.912. The maximum atomic E-state index is 11.1. The van der Waals surface area contributed by atoms with E-state index < -0.39 is 5.97 Å². The normalized spacial score (nSPS) is 25.8. The molecule has 0 aromatic heterocycles. The Kier molecular flexibility index (Phi) is 3.84. The van der Waals surface area contributed by atoms with E-state index in [-0.39, 0.29) is 12.0 Å². The van der Waals surface area contributed by atoms with Crippen LogP contribution in [0.3, 0.4) is 0 Å². The predicted molar refractivity (Wildman–Crippen MR) is 69.9 cm³/mol. The molecule has 2 atom stereocenters. The van der Waals surface area contributed by atoms with Crippen LogP contribution in [-0.4, -0.2) is 29.6 Å². The molecule has 0 aliphatic carbocycles. The standard InChI is InChI=1S/C13H16BrNO2/c1-15-7-6-10(13(16)17)8-12(15)9-2-4-11(14)5-3-9/h2-5,10,12H,6-8H2,1H3,(H,16,17). The number of hydrogen-bond acceptors (Lipinski definition) is 2. The monoisotopic (exact) mass is 297 g/mol. The average Bonchev–Trinajstić information content (AvgIpc) is 2.31. The zero-order valence-corrected chi connectivity index (χ0v) is 11.4. The van der Waals surface area contributed by atoms with Gasteiger partial charge in [0.05, 0.1) is 5.92 Å². The van der Waals surface area contributed by atoms with Gasteiger partial charge >= 0.3 is 5.97 Å². The van der Waals surface area contributed by atoms with Crippen molar-refractivity contribution in [3.05, 3.63) is 34.3 Å². The van der Waals surface area contributed by atoms with Gasteiger partial charge in [-0.15, -0.1) is 0 Å². The highest BCUT2D eigenvalue weighted by molar-refractivity contribution is 9.10. The lowest BCUT2D eigenvalue weighted by Crippen LogP contribution is -2.36. The Hall–Kier alpha value is -0.870. The molecule has 1 aromatic carbocycles. The van der Waals surface area contributed by atoms with Crippen molar-refractivity contribution in [1.29, 1.82) is 0 Å². The molecule has 1 aromatic rings. The van der Waals surface area contributed by atoms with E-state index >= 15 is 0 Å². The lowest BCUT2D eigenvalue weighted by Gasteiger charge is -2.35. The Balaban J connectivity index is 2.17. The number of aliphatic carboxylic acids is 1. The molecule has 1 saturated heterocycles. The van der Waals surface area contributed by atoms with E-state index in [4.69, 9.17) is 5.11 Å². The molecule has 2 rings (SSSR count). The third-order valence-corrected chi connectivity index (χ3v) is 4.00. The summed E-state index contributed by atoms with van der Waals surface area (Å²) in [5, 5.41) is 9.11. The van der Waals surface area contributed by atoms with Crippen LogP contribution in [0.4, 0.5) is 0 Å². The molecule has 0 bridgehead atoms. The maximum absolute atomic E-state index is 11.1. The summed E-state index contributed by atoms with van der Waals surface area (Å²) >= 11 is 3.41. The third kappa shape index (κ3) is 2.87. The minimum atomic E-state index is -0.666.